The molecule has 1 aliphatic heterocycles. The van der Waals surface area contributed by atoms with Gasteiger partial charge in [-0.15, -0.1) is 0 Å². The lowest BCUT2D eigenvalue weighted by Crippen LogP contribution is -2.56. The number of aliphatic imine (C=N–C) groups is 1. The third-order valence-corrected chi connectivity index (χ3v) is 4.30. The Labute approximate surface area is 123 Å². The summed E-state index contributed by atoms with van der Waals surface area (Å²) in [6, 6.07) is 9.28. The Morgan fingerprint density at radius 2 is 1.95 bits per heavy atom. The zero-order valence-corrected chi connectivity index (χ0v) is 12.0. The lowest BCUT2D eigenvalue weighted by Gasteiger charge is -2.38. The van der Waals surface area contributed by atoms with Crippen molar-refractivity contribution in [1.29, 1.82) is 0 Å². The summed E-state index contributed by atoms with van der Waals surface area (Å²) in [7, 11) is 1.50. The number of hydrogen-bond donors (Lipinski definition) is 0. The molecular weight excluding hydrogens is 270 g/mol. The van der Waals surface area contributed by atoms with E-state index in [1.807, 2.05) is 37.3 Å². The van der Waals surface area contributed by atoms with Crippen molar-refractivity contribution in [1.82, 2.24) is 0 Å². The van der Waals surface area contributed by atoms with Crippen LogP contribution in [-0.4, -0.2) is 36.4 Å². The fourth-order valence-electron chi connectivity index (χ4n) is 3.15. The highest BCUT2D eigenvalue weighted by Crippen LogP contribution is 2.41. The van der Waals surface area contributed by atoms with Crippen molar-refractivity contribution >= 4 is 17.7 Å². The van der Waals surface area contributed by atoms with Crippen LogP contribution in [0.3, 0.4) is 0 Å². The number of ether oxygens (including phenoxy) is 2. The predicted molar refractivity (Wildman–Crippen MR) is 76.0 cm³/mol. The van der Waals surface area contributed by atoms with Crippen LogP contribution in [0.25, 0.3) is 0 Å². The molecule has 1 aliphatic carbocycles. The van der Waals surface area contributed by atoms with Gasteiger partial charge in [0.2, 0.25) is 5.90 Å². The second-order valence-corrected chi connectivity index (χ2v) is 5.57. The van der Waals surface area contributed by atoms with Crippen LogP contribution in [0.1, 0.15) is 25.3 Å². The molecule has 1 saturated carbocycles. The van der Waals surface area contributed by atoms with Gasteiger partial charge < -0.3 is 9.47 Å². The van der Waals surface area contributed by atoms with Gasteiger partial charge in [0.25, 0.3) is 0 Å². The first-order valence-corrected chi connectivity index (χ1v) is 7.00. The lowest BCUT2D eigenvalue weighted by molar-refractivity contribution is -0.152. The summed E-state index contributed by atoms with van der Waals surface area (Å²) in [5.41, 5.74) is -0.352. The largest absolute Gasteiger partial charge is 0.405 e. The third kappa shape index (κ3) is 2.08. The molecule has 5 nitrogen and oxygen atoms in total. The van der Waals surface area contributed by atoms with Gasteiger partial charge in [0.15, 0.2) is 5.54 Å². The number of cyclic esters (lactones) is 1. The Balaban J connectivity index is 2.05. The minimum atomic E-state index is -1.10. The van der Waals surface area contributed by atoms with E-state index in [1.54, 1.807) is 0 Å². The highest BCUT2D eigenvalue weighted by Gasteiger charge is 2.59. The van der Waals surface area contributed by atoms with E-state index in [-0.39, 0.29) is 18.1 Å². The quantitative estimate of drug-likeness (QED) is 0.777. The average molecular weight is 287 g/mol. The summed E-state index contributed by atoms with van der Waals surface area (Å²) in [6.45, 7) is 1.85. The number of carbonyl (C=O) groups excluding carboxylic acids is 2. The van der Waals surface area contributed by atoms with E-state index in [2.05, 4.69) is 4.99 Å². The first-order valence-electron chi connectivity index (χ1n) is 7.00. The fraction of sp³-hybridized carbons (Fsp3) is 0.438. The van der Waals surface area contributed by atoms with Crippen LogP contribution in [-0.2, 0) is 19.1 Å². The van der Waals surface area contributed by atoms with E-state index in [4.69, 9.17) is 9.47 Å². The summed E-state index contributed by atoms with van der Waals surface area (Å²) >= 11 is 0. The normalized spacial score (nSPS) is 32.2. The monoisotopic (exact) mass is 287 g/mol. The second kappa shape index (κ2) is 5.07. The number of ketones is 1. The summed E-state index contributed by atoms with van der Waals surface area (Å²) in [6.07, 6.45) is -0.0513. The summed E-state index contributed by atoms with van der Waals surface area (Å²) in [4.78, 5) is 28.8. The summed E-state index contributed by atoms with van der Waals surface area (Å²) in [5, 5.41) is 0. The molecular formula is C16H17NO4. The predicted octanol–water partition coefficient (Wildman–Crippen LogP) is 1.74. The van der Waals surface area contributed by atoms with Crippen molar-refractivity contribution in [3.05, 3.63) is 35.9 Å². The molecule has 5 heteroatoms. The van der Waals surface area contributed by atoms with Gasteiger partial charge in [0, 0.05) is 31.4 Å². The van der Waals surface area contributed by atoms with Crippen molar-refractivity contribution in [2.24, 2.45) is 10.9 Å². The molecule has 0 amide bonds. The van der Waals surface area contributed by atoms with Gasteiger partial charge in [-0.2, -0.15) is 0 Å². The van der Waals surface area contributed by atoms with Crippen molar-refractivity contribution in [3.63, 3.8) is 0 Å². The van der Waals surface area contributed by atoms with Crippen LogP contribution in [0.2, 0.25) is 0 Å². The fourth-order valence-corrected chi connectivity index (χ4v) is 3.15. The molecule has 2 aliphatic rings. The Kier molecular flexibility index (Phi) is 3.37. The van der Waals surface area contributed by atoms with E-state index in [9.17, 15) is 9.59 Å². The molecule has 0 saturated heterocycles. The molecule has 0 radical (unpaired) electrons. The molecule has 3 rings (SSSR count). The van der Waals surface area contributed by atoms with Gasteiger partial charge in [0.05, 0.1) is 0 Å². The molecule has 0 N–H and O–H groups in total. The first-order chi connectivity index (χ1) is 10.1. The van der Waals surface area contributed by atoms with E-state index in [1.165, 1.54) is 7.11 Å². The third-order valence-electron chi connectivity index (χ3n) is 4.30. The number of nitrogens with zero attached hydrogens (tertiary/aromatic N) is 1. The Morgan fingerprint density at radius 1 is 1.24 bits per heavy atom. The van der Waals surface area contributed by atoms with Crippen molar-refractivity contribution in [2.45, 2.75) is 31.4 Å². The minimum absolute atomic E-state index is 0.0936. The van der Waals surface area contributed by atoms with Crippen LogP contribution in [0.4, 0.5) is 0 Å². The van der Waals surface area contributed by atoms with Gasteiger partial charge in [-0.3, -0.25) is 4.79 Å². The highest BCUT2D eigenvalue weighted by molar-refractivity contribution is 6.09. The van der Waals surface area contributed by atoms with E-state index in [0.29, 0.717) is 12.3 Å². The summed E-state index contributed by atoms with van der Waals surface area (Å²) in [5.74, 6) is -0.259. The molecule has 1 aromatic rings. The van der Waals surface area contributed by atoms with Crippen LogP contribution in [0, 0.1) is 5.92 Å². The van der Waals surface area contributed by atoms with E-state index < -0.39 is 17.6 Å². The Hall–Kier alpha value is -2.01. The average Bonchev–Trinajstić information content (AvgIpc) is 2.83. The number of Topliss-reactive ketones (excluding diaryl/α,β-unsaturated/α-hetero) is 1. The van der Waals surface area contributed by atoms with Crippen LogP contribution < -0.4 is 0 Å². The minimum Gasteiger partial charge on any atom is -0.405 e. The smallest absolute Gasteiger partial charge is 0.343 e. The number of methoxy groups -OCH3 is 1. The maximum atomic E-state index is 12.5. The Morgan fingerprint density at radius 3 is 2.62 bits per heavy atom. The zero-order chi connectivity index (χ0) is 15.0. The molecule has 1 spiro atoms. The number of hydrogen-bond acceptors (Lipinski definition) is 5. The van der Waals surface area contributed by atoms with Crippen molar-refractivity contribution in [3.8, 4) is 0 Å². The van der Waals surface area contributed by atoms with E-state index in [0.717, 1.165) is 5.56 Å². The molecule has 21 heavy (non-hydrogen) atoms. The maximum absolute atomic E-state index is 12.5. The summed E-state index contributed by atoms with van der Waals surface area (Å²) < 4.78 is 10.8. The molecule has 3 atom stereocenters. The molecule has 0 unspecified atom stereocenters. The van der Waals surface area contributed by atoms with Gasteiger partial charge in [-0.1, -0.05) is 25.1 Å². The number of carbonyl (C=O) groups is 2. The van der Waals surface area contributed by atoms with Crippen molar-refractivity contribution in [2.75, 3.05) is 7.11 Å². The number of esters is 1. The lowest BCUT2D eigenvalue weighted by atomic mass is 9.71. The molecule has 1 heterocycles. The van der Waals surface area contributed by atoms with Gasteiger partial charge in [-0.05, 0) is 12.1 Å². The molecule has 0 bridgehead atoms. The molecule has 110 valence electrons. The second-order valence-electron chi connectivity index (χ2n) is 5.57. The number of rotatable bonds is 2. The maximum Gasteiger partial charge on any atom is 0.343 e. The molecule has 1 fully saturated rings. The van der Waals surface area contributed by atoms with Crippen LogP contribution in [0.15, 0.2) is 35.3 Å². The molecule has 1 aromatic carbocycles. The highest BCUT2D eigenvalue weighted by atomic mass is 16.6. The number of benzene rings is 1. The van der Waals surface area contributed by atoms with Crippen LogP contribution in [0.5, 0.6) is 0 Å². The van der Waals surface area contributed by atoms with Crippen LogP contribution >= 0.6 is 0 Å². The Bertz CT molecular complexity index is 610. The standard InChI is InChI=1S/C16H17NO4/c1-10-8-12(18)9-13(20-2)16(10)15(19)21-14(17-16)11-6-4-3-5-7-11/h3-7,10,13H,8-9H2,1-2H3/t10-,13-,16-/m1/s1. The topological polar surface area (TPSA) is 65.0 Å². The van der Waals surface area contributed by atoms with E-state index >= 15 is 0 Å². The first kappa shape index (κ1) is 13.9. The van der Waals surface area contributed by atoms with Crippen molar-refractivity contribution < 1.29 is 19.1 Å². The SMILES string of the molecule is CO[C@@H]1CC(=O)C[C@@H](C)[C@@]12N=C(c1ccccc1)OC2=O. The van der Waals surface area contributed by atoms with Gasteiger partial charge in [-0.25, -0.2) is 9.79 Å². The van der Waals surface area contributed by atoms with Gasteiger partial charge >= 0.3 is 5.97 Å². The zero-order valence-electron chi connectivity index (χ0n) is 12.0. The van der Waals surface area contributed by atoms with Gasteiger partial charge in [0.1, 0.15) is 11.9 Å². The molecule has 0 aromatic heterocycles.